The zero-order chi connectivity index (χ0) is 17.7. The topological polar surface area (TPSA) is 72.2 Å². The van der Waals surface area contributed by atoms with Crippen molar-refractivity contribution in [3.63, 3.8) is 0 Å². The standard InChI is InChI=1S/C18H20N2O3S/c1-4-12(2)14-7-5-6-8-15(14)19-18(21)13-9-10-17(24-3)16(11-13)20(22)23/h5-12H,4H2,1-3H3,(H,19,21)/t12-/m1/s1. The highest BCUT2D eigenvalue weighted by Gasteiger charge is 2.18. The van der Waals surface area contributed by atoms with Crippen molar-refractivity contribution in [1.82, 2.24) is 0 Å². The summed E-state index contributed by atoms with van der Waals surface area (Å²) in [4.78, 5) is 23.7. The minimum absolute atomic E-state index is 0.0506. The Morgan fingerprint density at radius 1 is 1.29 bits per heavy atom. The van der Waals surface area contributed by atoms with Crippen molar-refractivity contribution in [2.45, 2.75) is 31.1 Å². The first-order valence-corrected chi connectivity index (χ1v) is 8.93. The molecule has 1 N–H and O–H groups in total. The van der Waals surface area contributed by atoms with Crippen LogP contribution in [0.3, 0.4) is 0 Å². The number of para-hydroxylation sites is 1. The van der Waals surface area contributed by atoms with Crippen molar-refractivity contribution in [1.29, 1.82) is 0 Å². The minimum Gasteiger partial charge on any atom is -0.322 e. The number of carbonyl (C=O) groups excluding carboxylic acids is 1. The molecule has 0 aliphatic carbocycles. The third-order valence-electron chi connectivity index (χ3n) is 3.99. The molecule has 0 fully saturated rings. The lowest BCUT2D eigenvalue weighted by atomic mass is 9.97. The van der Waals surface area contributed by atoms with Gasteiger partial charge in [-0.1, -0.05) is 32.0 Å². The molecule has 2 aromatic rings. The van der Waals surface area contributed by atoms with Crippen LogP contribution in [0.5, 0.6) is 0 Å². The van der Waals surface area contributed by atoms with E-state index in [1.165, 1.54) is 17.8 Å². The Morgan fingerprint density at radius 2 is 2.00 bits per heavy atom. The number of amides is 1. The third kappa shape index (κ3) is 3.94. The van der Waals surface area contributed by atoms with Gasteiger partial charge in [-0.2, -0.15) is 0 Å². The lowest BCUT2D eigenvalue weighted by molar-refractivity contribution is -0.387. The molecule has 0 unspecified atom stereocenters. The number of hydrogen-bond acceptors (Lipinski definition) is 4. The summed E-state index contributed by atoms with van der Waals surface area (Å²) in [5.41, 5.74) is 2.03. The summed E-state index contributed by atoms with van der Waals surface area (Å²) in [6, 6.07) is 12.2. The smallest absolute Gasteiger partial charge is 0.283 e. The fourth-order valence-corrected chi connectivity index (χ4v) is 2.98. The van der Waals surface area contributed by atoms with Crippen LogP contribution in [-0.2, 0) is 0 Å². The average molecular weight is 344 g/mol. The van der Waals surface area contributed by atoms with Gasteiger partial charge in [0.05, 0.1) is 9.82 Å². The first-order valence-electron chi connectivity index (χ1n) is 7.70. The van der Waals surface area contributed by atoms with Gasteiger partial charge >= 0.3 is 0 Å². The van der Waals surface area contributed by atoms with E-state index in [1.807, 2.05) is 24.3 Å². The fourth-order valence-electron chi connectivity index (χ4n) is 2.43. The summed E-state index contributed by atoms with van der Waals surface area (Å²) in [6.07, 6.45) is 2.73. The zero-order valence-electron chi connectivity index (χ0n) is 13.9. The van der Waals surface area contributed by atoms with E-state index in [0.29, 0.717) is 10.8 Å². The predicted molar refractivity (Wildman–Crippen MR) is 98.0 cm³/mol. The zero-order valence-corrected chi connectivity index (χ0v) is 14.7. The molecule has 0 radical (unpaired) electrons. The molecule has 0 bridgehead atoms. The van der Waals surface area contributed by atoms with E-state index >= 15 is 0 Å². The minimum atomic E-state index is -0.463. The summed E-state index contributed by atoms with van der Waals surface area (Å²) in [5.74, 6) is -0.0313. The second kappa shape index (κ2) is 7.97. The van der Waals surface area contributed by atoms with Gasteiger partial charge in [-0.25, -0.2) is 0 Å². The number of rotatable bonds is 6. The molecule has 0 aliphatic rings. The quantitative estimate of drug-likeness (QED) is 0.450. The van der Waals surface area contributed by atoms with Gasteiger partial charge in [-0.3, -0.25) is 14.9 Å². The number of benzene rings is 2. The van der Waals surface area contributed by atoms with Crippen LogP contribution < -0.4 is 5.32 Å². The van der Waals surface area contributed by atoms with Gasteiger partial charge in [0, 0.05) is 17.3 Å². The van der Waals surface area contributed by atoms with Crippen LogP contribution in [0.1, 0.15) is 42.1 Å². The molecule has 6 heteroatoms. The number of nitro benzene ring substituents is 1. The van der Waals surface area contributed by atoms with E-state index < -0.39 is 4.92 Å². The van der Waals surface area contributed by atoms with Gasteiger partial charge in [-0.05, 0) is 42.4 Å². The number of hydrogen-bond donors (Lipinski definition) is 1. The van der Waals surface area contributed by atoms with Crippen LogP contribution in [0.15, 0.2) is 47.4 Å². The molecule has 0 saturated heterocycles. The number of carbonyl (C=O) groups is 1. The Labute approximate surface area is 145 Å². The van der Waals surface area contributed by atoms with Gasteiger partial charge in [0.1, 0.15) is 0 Å². The monoisotopic (exact) mass is 344 g/mol. The van der Waals surface area contributed by atoms with Crippen LogP contribution in [0.4, 0.5) is 11.4 Å². The van der Waals surface area contributed by atoms with E-state index in [2.05, 4.69) is 19.2 Å². The van der Waals surface area contributed by atoms with Crippen LogP contribution in [0.25, 0.3) is 0 Å². The first kappa shape index (κ1) is 18.0. The maximum absolute atomic E-state index is 12.5. The van der Waals surface area contributed by atoms with Crippen molar-refractivity contribution in [3.8, 4) is 0 Å². The third-order valence-corrected chi connectivity index (χ3v) is 4.78. The van der Waals surface area contributed by atoms with E-state index in [1.54, 1.807) is 18.4 Å². The average Bonchev–Trinajstić information content (AvgIpc) is 2.60. The molecule has 24 heavy (non-hydrogen) atoms. The largest absolute Gasteiger partial charge is 0.322 e. The molecule has 2 aromatic carbocycles. The van der Waals surface area contributed by atoms with Crippen molar-refractivity contribution in [2.24, 2.45) is 0 Å². The number of nitrogens with one attached hydrogen (secondary N) is 1. The summed E-state index contributed by atoms with van der Waals surface area (Å²) < 4.78 is 0. The second-order valence-corrected chi connectivity index (χ2v) is 6.34. The Balaban J connectivity index is 2.31. The molecule has 5 nitrogen and oxygen atoms in total. The van der Waals surface area contributed by atoms with Crippen molar-refractivity contribution < 1.29 is 9.72 Å². The molecule has 1 atom stereocenters. The van der Waals surface area contributed by atoms with Crippen molar-refractivity contribution in [3.05, 3.63) is 63.7 Å². The lowest BCUT2D eigenvalue weighted by Gasteiger charge is -2.15. The van der Waals surface area contributed by atoms with Crippen molar-refractivity contribution in [2.75, 3.05) is 11.6 Å². The number of anilines is 1. The molecular weight excluding hydrogens is 324 g/mol. The first-order chi connectivity index (χ1) is 11.5. The summed E-state index contributed by atoms with van der Waals surface area (Å²) >= 11 is 1.28. The van der Waals surface area contributed by atoms with Crippen LogP contribution in [-0.4, -0.2) is 17.1 Å². The highest BCUT2D eigenvalue weighted by molar-refractivity contribution is 7.98. The Hall–Kier alpha value is -2.34. The molecule has 0 spiro atoms. The molecule has 2 rings (SSSR count). The maximum atomic E-state index is 12.5. The molecule has 0 saturated carbocycles. The van der Waals surface area contributed by atoms with Gasteiger partial charge in [0.25, 0.3) is 11.6 Å². The highest BCUT2D eigenvalue weighted by atomic mass is 32.2. The van der Waals surface area contributed by atoms with Gasteiger partial charge < -0.3 is 5.32 Å². The summed E-state index contributed by atoms with van der Waals surface area (Å²) in [6.45, 7) is 4.19. The van der Waals surface area contributed by atoms with Gasteiger partial charge in [0.15, 0.2) is 0 Å². The summed E-state index contributed by atoms with van der Waals surface area (Å²) in [5, 5.41) is 14.0. The molecule has 0 aliphatic heterocycles. The van der Waals surface area contributed by atoms with Crippen LogP contribution in [0.2, 0.25) is 0 Å². The molecule has 126 valence electrons. The SMILES string of the molecule is CC[C@@H](C)c1ccccc1NC(=O)c1ccc(SC)c([N+](=O)[O-])c1. The van der Waals surface area contributed by atoms with Gasteiger partial charge in [0.2, 0.25) is 0 Å². The predicted octanol–water partition coefficient (Wildman–Crippen LogP) is 5.08. The molecular formula is C18H20N2O3S. The second-order valence-electron chi connectivity index (χ2n) is 5.49. The molecule has 1 amide bonds. The fraction of sp³-hybridized carbons (Fsp3) is 0.278. The normalized spacial score (nSPS) is 11.8. The molecule has 0 aromatic heterocycles. The van der Waals surface area contributed by atoms with Gasteiger partial charge in [-0.15, -0.1) is 11.8 Å². The number of nitrogens with zero attached hydrogens (tertiary/aromatic N) is 1. The van der Waals surface area contributed by atoms with E-state index in [4.69, 9.17) is 0 Å². The Morgan fingerprint density at radius 3 is 2.62 bits per heavy atom. The summed E-state index contributed by atoms with van der Waals surface area (Å²) in [7, 11) is 0. The highest BCUT2D eigenvalue weighted by Crippen LogP contribution is 2.30. The maximum Gasteiger partial charge on any atom is 0.283 e. The Kier molecular flexibility index (Phi) is 5.98. The Bertz CT molecular complexity index is 762. The van der Waals surface area contributed by atoms with E-state index in [0.717, 1.165) is 17.7 Å². The number of nitro groups is 1. The van der Waals surface area contributed by atoms with E-state index in [-0.39, 0.29) is 17.2 Å². The lowest BCUT2D eigenvalue weighted by Crippen LogP contribution is -2.14. The van der Waals surface area contributed by atoms with Crippen LogP contribution in [0, 0.1) is 10.1 Å². The van der Waals surface area contributed by atoms with Crippen LogP contribution >= 0.6 is 11.8 Å². The van der Waals surface area contributed by atoms with Crippen molar-refractivity contribution >= 4 is 29.0 Å². The van der Waals surface area contributed by atoms with E-state index in [9.17, 15) is 14.9 Å². The molecule has 0 heterocycles. The number of thioether (sulfide) groups is 1.